The largest absolute Gasteiger partial charge is 0.309 e. The van der Waals surface area contributed by atoms with E-state index in [9.17, 15) is 5.26 Å². The van der Waals surface area contributed by atoms with Gasteiger partial charge in [-0.1, -0.05) is 158 Å². The Labute approximate surface area is 369 Å². The standard InChI is InChI=1S/C58H36N6/c59-37-38-16-14-21-41(34-38)42-30-32-53-49(35-42)47-25-11-13-29-52(47)64(53)54-33-31-43(45-26-15-27-48-46-24-10-12-28-51(46)63(55(45)48)44-22-8-3-9-23-44)36-50(54)58-61-56(39-17-4-1-5-18-39)60-57(62-58)40-19-6-2-7-20-40/h1-36H. The van der Waals surface area contributed by atoms with Crippen LogP contribution >= 0.6 is 0 Å². The van der Waals surface area contributed by atoms with Crippen molar-refractivity contribution in [2.45, 2.75) is 0 Å². The van der Waals surface area contributed by atoms with Crippen LogP contribution in [0.15, 0.2) is 218 Å². The fourth-order valence-electron chi connectivity index (χ4n) is 9.28. The van der Waals surface area contributed by atoms with Crippen molar-refractivity contribution >= 4 is 43.6 Å². The number of aromatic nitrogens is 5. The second-order valence-corrected chi connectivity index (χ2v) is 15.9. The summed E-state index contributed by atoms with van der Waals surface area (Å²) in [6.45, 7) is 0. The highest BCUT2D eigenvalue weighted by molar-refractivity contribution is 6.14. The van der Waals surface area contributed by atoms with Gasteiger partial charge in [-0.25, -0.2) is 15.0 Å². The van der Waals surface area contributed by atoms with Gasteiger partial charge in [-0.2, -0.15) is 5.26 Å². The van der Waals surface area contributed by atoms with Gasteiger partial charge in [0.05, 0.1) is 39.4 Å². The van der Waals surface area contributed by atoms with Crippen molar-refractivity contribution in [1.29, 1.82) is 5.26 Å². The first-order chi connectivity index (χ1) is 31.7. The minimum absolute atomic E-state index is 0.566. The summed E-state index contributed by atoms with van der Waals surface area (Å²) in [5, 5.41) is 14.3. The topological polar surface area (TPSA) is 72.3 Å². The molecule has 0 saturated heterocycles. The Hall–Kier alpha value is -8.92. The van der Waals surface area contributed by atoms with Gasteiger partial charge in [0.25, 0.3) is 0 Å². The van der Waals surface area contributed by atoms with Crippen LogP contribution in [0.3, 0.4) is 0 Å². The van der Waals surface area contributed by atoms with Gasteiger partial charge in [-0.05, 0) is 77.4 Å². The molecule has 12 rings (SSSR count). The molecule has 9 aromatic carbocycles. The van der Waals surface area contributed by atoms with Crippen molar-refractivity contribution in [3.05, 3.63) is 224 Å². The predicted octanol–water partition coefficient (Wildman–Crippen LogP) is 14.3. The Balaban J connectivity index is 1.16. The Morgan fingerprint density at radius 1 is 0.344 bits per heavy atom. The molecular formula is C58H36N6. The minimum Gasteiger partial charge on any atom is -0.309 e. The van der Waals surface area contributed by atoms with Crippen LogP contribution in [0.25, 0.3) is 111 Å². The molecule has 0 atom stereocenters. The van der Waals surface area contributed by atoms with Gasteiger partial charge in [0, 0.05) is 49.5 Å². The molecule has 0 fully saturated rings. The van der Waals surface area contributed by atoms with Crippen molar-refractivity contribution in [3.63, 3.8) is 0 Å². The first-order valence-electron chi connectivity index (χ1n) is 21.3. The van der Waals surface area contributed by atoms with Gasteiger partial charge in [-0.15, -0.1) is 0 Å². The predicted molar refractivity (Wildman–Crippen MR) is 260 cm³/mol. The van der Waals surface area contributed by atoms with Crippen LogP contribution in [-0.2, 0) is 0 Å². The molecule has 0 radical (unpaired) electrons. The molecule has 0 N–H and O–H groups in total. The fraction of sp³-hybridized carbons (Fsp3) is 0. The number of fused-ring (bicyclic) bond motifs is 6. The van der Waals surface area contributed by atoms with Crippen LogP contribution in [0, 0.1) is 11.3 Å². The normalized spacial score (nSPS) is 11.4. The van der Waals surface area contributed by atoms with E-state index in [1.54, 1.807) is 0 Å². The molecule has 12 aromatic rings. The Bertz CT molecular complexity index is 3730. The summed E-state index contributed by atoms with van der Waals surface area (Å²) in [6, 6.07) is 78.1. The first kappa shape index (κ1) is 36.9. The lowest BCUT2D eigenvalue weighted by Crippen LogP contribution is -2.04. The molecule has 0 saturated carbocycles. The van der Waals surface area contributed by atoms with Crippen LogP contribution < -0.4 is 0 Å². The van der Waals surface area contributed by atoms with E-state index in [1.807, 2.05) is 78.9 Å². The Morgan fingerprint density at radius 2 is 0.875 bits per heavy atom. The zero-order valence-corrected chi connectivity index (χ0v) is 34.5. The smallest absolute Gasteiger partial charge is 0.166 e. The molecule has 6 heteroatoms. The average molecular weight is 817 g/mol. The van der Waals surface area contributed by atoms with E-state index in [0.717, 1.165) is 83.2 Å². The first-order valence-corrected chi connectivity index (χ1v) is 21.3. The van der Waals surface area contributed by atoms with Crippen molar-refractivity contribution in [1.82, 2.24) is 24.1 Å². The summed E-state index contributed by atoms with van der Waals surface area (Å²) in [7, 11) is 0. The van der Waals surface area contributed by atoms with E-state index in [4.69, 9.17) is 15.0 Å². The van der Waals surface area contributed by atoms with Crippen molar-refractivity contribution in [2.24, 2.45) is 0 Å². The van der Waals surface area contributed by atoms with E-state index >= 15 is 0 Å². The van der Waals surface area contributed by atoms with Crippen LogP contribution in [0.4, 0.5) is 0 Å². The summed E-state index contributed by atoms with van der Waals surface area (Å²) in [4.78, 5) is 15.7. The van der Waals surface area contributed by atoms with E-state index < -0.39 is 0 Å². The SMILES string of the molecule is N#Cc1cccc(-c2ccc3c(c2)c2ccccc2n3-c2ccc(-c3cccc4c5ccccc5n(-c5ccccc5)c34)cc2-c2nc(-c3ccccc3)nc(-c3ccccc3)n2)c1. The monoisotopic (exact) mass is 816 g/mol. The van der Waals surface area contributed by atoms with Crippen LogP contribution in [0.1, 0.15) is 5.56 Å². The lowest BCUT2D eigenvalue weighted by Gasteiger charge is -2.17. The molecule has 0 aliphatic heterocycles. The molecule has 0 bridgehead atoms. The molecule has 0 spiro atoms. The summed E-state index contributed by atoms with van der Waals surface area (Å²) in [5.74, 6) is 1.76. The number of hydrogen-bond acceptors (Lipinski definition) is 4. The maximum atomic E-state index is 9.71. The lowest BCUT2D eigenvalue weighted by molar-refractivity contribution is 1.06. The molecule has 3 heterocycles. The number of para-hydroxylation sites is 4. The van der Waals surface area contributed by atoms with Gasteiger partial charge in [0.2, 0.25) is 0 Å². The molecular weight excluding hydrogens is 781 g/mol. The van der Waals surface area contributed by atoms with Crippen LogP contribution in [0.2, 0.25) is 0 Å². The molecule has 0 aliphatic carbocycles. The fourth-order valence-corrected chi connectivity index (χ4v) is 9.28. The second-order valence-electron chi connectivity index (χ2n) is 15.9. The average Bonchev–Trinajstić information content (AvgIpc) is 3.89. The van der Waals surface area contributed by atoms with E-state index in [0.29, 0.717) is 23.0 Å². The molecule has 0 unspecified atom stereocenters. The van der Waals surface area contributed by atoms with E-state index in [2.05, 4.69) is 155 Å². The third-order valence-corrected chi connectivity index (χ3v) is 12.2. The zero-order valence-electron chi connectivity index (χ0n) is 34.5. The quantitative estimate of drug-likeness (QED) is 0.161. The van der Waals surface area contributed by atoms with Crippen LogP contribution in [0.5, 0.6) is 0 Å². The minimum atomic E-state index is 0.566. The van der Waals surface area contributed by atoms with Crippen molar-refractivity contribution < 1.29 is 0 Å². The maximum absolute atomic E-state index is 9.71. The third kappa shape index (κ3) is 6.14. The third-order valence-electron chi connectivity index (χ3n) is 12.2. The van der Waals surface area contributed by atoms with E-state index in [1.165, 1.54) is 10.8 Å². The second kappa shape index (κ2) is 15.2. The van der Waals surface area contributed by atoms with Gasteiger partial charge in [0.15, 0.2) is 17.5 Å². The summed E-state index contributed by atoms with van der Waals surface area (Å²) >= 11 is 0. The highest BCUT2D eigenvalue weighted by atomic mass is 15.1. The van der Waals surface area contributed by atoms with Gasteiger partial charge >= 0.3 is 0 Å². The molecule has 3 aromatic heterocycles. The maximum Gasteiger partial charge on any atom is 0.166 e. The highest BCUT2D eigenvalue weighted by Gasteiger charge is 2.23. The number of benzene rings is 9. The number of nitriles is 1. The summed E-state index contributed by atoms with van der Waals surface area (Å²) in [6.07, 6.45) is 0. The molecule has 64 heavy (non-hydrogen) atoms. The van der Waals surface area contributed by atoms with Crippen molar-refractivity contribution in [3.8, 4) is 73.9 Å². The number of rotatable bonds is 7. The van der Waals surface area contributed by atoms with Gasteiger partial charge < -0.3 is 9.13 Å². The Kier molecular flexibility index (Phi) is 8.77. The summed E-state index contributed by atoms with van der Waals surface area (Å²) < 4.78 is 4.73. The van der Waals surface area contributed by atoms with Crippen molar-refractivity contribution in [2.75, 3.05) is 0 Å². The van der Waals surface area contributed by atoms with Gasteiger partial charge in [-0.3, -0.25) is 0 Å². The molecule has 6 nitrogen and oxygen atoms in total. The van der Waals surface area contributed by atoms with Crippen LogP contribution in [-0.4, -0.2) is 24.1 Å². The Morgan fingerprint density at radius 3 is 1.58 bits per heavy atom. The van der Waals surface area contributed by atoms with E-state index in [-0.39, 0.29) is 0 Å². The molecule has 0 amide bonds. The number of nitrogens with zero attached hydrogens (tertiary/aromatic N) is 6. The summed E-state index contributed by atoms with van der Waals surface area (Å²) in [5.41, 5.74) is 13.9. The zero-order chi connectivity index (χ0) is 42.6. The number of hydrogen-bond donors (Lipinski definition) is 0. The lowest BCUT2D eigenvalue weighted by atomic mass is 9.98. The molecule has 0 aliphatic rings. The molecule has 298 valence electrons. The van der Waals surface area contributed by atoms with Gasteiger partial charge in [0.1, 0.15) is 0 Å². The highest BCUT2D eigenvalue weighted by Crippen LogP contribution is 2.42.